The second-order valence-electron chi connectivity index (χ2n) is 5.58. The number of hydrogen-bond donors (Lipinski definition) is 1. The Labute approximate surface area is 113 Å². The van der Waals surface area contributed by atoms with Crippen LogP contribution in [0.25, 0.3) is 0 Å². The van der Waals surface area contributed by atoms with Crippen LogP contribution in [0.4, 0.5) is 0 Å². The first-order valence-electron chi connectivity index (χ1n) is 6.59. The third kappa shape index (κ3) is 3.78. The lowest BCUT2D eigenvalue weighted by Crippen LogP contribution is -2.43. The molecule has 1 amide bonds. The Kier molecular flexibility index (Phi) is 4.21. The van der Waals surface area contributed by atoms with Gasteiger partial charge in [0, 0.05) is 38.4 Å². The van der Waals surface area contributed by atoms with Crippen molar-refractivity contribution in [3.05, 3.63) is 18.7 Å². The van der Waals surface area contributed by atoms with Crippen LogP contribution in [0.3, 0.4) is 0 Å². The molecule has 106 valence electrons. The number of aliphatic hydroxyl groups is 1. The number of β-amino-alcohol motifs (C(OH)–C–C–N with tert-alkyl or cyclic N) is 1. The summed E-state index contributed by atoms with van der Waals surface area (Å²) in [4.78, 5) is 19.7. The number of likely N-dealkylation sites (N-methyl/N-ethyl adjacent to an activating group) is 1. The second-order valence-corrected chi connectivity index (χ2v) is 5.58. The van der Waals surface area contributed by atoms with E-state index < -0.39 is 5.60 Å². The second kappa shape index (κ2) is 5.71. The molecule has 1 fully saturated rings. The van der Waals surface area contributed by atoms with Crippen molar-refractivity contribution in [3.8, 4) is 0 Å². The number of hydrogen-bond acceptors (Lipinski definition) is 4. The van der Waals surface area contributed by atoms with Crippen LogP contribution >= 0.6 is 0 Å². The average Bonchev–Trinajstić information content (AvgIpc) is 2.94. The number of rotatable bonds is 5. The van der Waals surface area contributed by atoms with E-state index in [4.69, 9.17) is 0 Å². The lowest BCUT2D eigenvalue weighted by molar-refractivity contribution is -0.131. The molecule has 1 aromatic rings. The highest BCUT2D eigenvalue weighted by molar-refractivity contribution is 5.76. The molecule has 1 aliphatic heterocycles. The van der Waals surface area contributed by atoms with Crippen molar-refractivity contribution in [3.63, 3.8) is 0 Å². The molecule has 0 unspecified atom stereocenters. The standard InChI is InChI=1S/C13H22N4O2/c1-15(2)9-13(19)4-7-17(10-13)12(18)3-6-16-8-5-14-11-16/h5,8,11,19H,3-4,6-7,9-10H2,1-2H3/t13-/m0/s1. The molecule has 0 aromatic carbocycles. The Bertz CT molecular complexity index is 418. The normalized spacial score (nSPS) is 23.3. The molecule has 1 saturated heterocycles. The Morgan fingerprint density at radius 3 is 2.95 bits per heavy atom. The van der Waals surface area contributed by atoms with E-state index in [1.54, 1.807) is 17.4 Å². The van der Waals surface area contributed by atoms with Gasteiger partial charge in [0.1, 0.15) is 0 Å². The smallest absolute Gasteiger partial charge is 0.224 e. The number of aromatic nitrogens is 2. The zero-order chi connectivity index (χ0) is 13.9. The molecule has 1 N–H and O–H groups in total. The molecular formula is C13H22N4O2. The monoisotopic (exact) mass is 266 g/mol. The Balaban J connectivity index is 1.81. The molecular weight excluding hydrogens is 244 g/mol. The summed E-state index contributed by atoms with van der Waals surface area (Å²) in [5.41, 5.74) is -0.756. The van der Waals surface area contributed by atoms with Crippen LogP contribution in [-0.4, -0.2) is 69.7 Å². The highest BCUT2D eigenvalue weighted by atomic mass is 16.3. The van der Waals surface area contributed by atoms with E-state index in [0.29, 0.717) is 39.0 Å². The van der Waals surface area contributed by atoms with Crippen molar-refractivity contribution < 1.29 is 9.90 Å². The molecule has 1 aromatic heterocycles. The summed E-state index contributed by atoms with van der Waals surface area (Å²) in [5, 5.41) is 10.4. The quantitative estimate of drug-likeness (QED) is 0.801. The van der Waals surface area contributed by atoms with Gasteiger partial charge in [-0.3, -0.25) is 4.79 Å². The van der Waals surface area contributed by atoms with E-state index in [2.05, 4.69) is 4.98 Å². The van der Waals surface area contributed by atoms with Crippen LogP contribution < -0.4 is 0 Å². The molecule has 2 rings (SSSR count). The third-order valence-corrected chi connectivity index (χ3v) is 3.44. The van der Waals surface area contributed by atoms with E-state index in [1.807, 2.05) is 29.8 Å². The minimum absolute atomic E-state index is 0.100. The predicted molar refractivity (Wildman–Crippen MR) is 71.5 cm³/mol. The van der Waals surface area contributed by atoms with Gasteiger partial charge in [0.25, 0.3) is 0 Å². The topological polar surface area (TPSA) is 61.6 Å². The molecule has 0 spiro atoms. The van der Waals surface area contributed by atoms with Crippen molar-refractivity contribution in [1.82, 2.24) is 19.4 Å². The summed E-state index contributed by atoms with van der Waals surface area (Å²) in [7, 11) is 3.86. The van der Waals surface area contributed by atoms with Gasteiger partial charge < -0.3 is 19.5 Å². The first kappa shape index (κ1) is 14.0. The molecule has 6 heteroatoms. The summed E-state index contributed by atoms with van der Waals surface area (Å²) in [6.07, 6.45) is 6.37. The lowest BCUT2D eigenvalue weighted by Gasteiger charge is -2.26. The van der Waals surface area contributed by atoms with Crippen LogP contribution in [0.2, 0.25) is 0 Å². The largest absolute Gasteiger partial charge is 0.387 e. The maximum Gasteiger partial charge on any atom is 0.224 e. The predicted octanol–water partition coefficient (Wildman–Crippen LogP) is -0.202. The van der Waals surface area contributed by atoms with E-state index in [9.17, 15) is 9.90 Å². The van der Waals surface area contributed by atoms with Crippen molar-refractivity contribution in [2.75, 3.05) is 33.7 Å². The number of nitrogens with zero attached hydrogens (tertiary/aromatic N) is 4. The Morgan fingerprint density at radius 2 is 2.32 bits per heavy atom. The fourth-order valence-corrected chi connectivity index (χ4v) is 2.59. The maximum atomic E-state index is 12.1. The zero-order valence-electron chi connectivity index (χ0n) is 11.6. The first-order chi connectivity index (χ1) is 8.98. The van der Waals surface area contributed by atoms with Gasteiger partial charge in [0.2, 0.25) is 5.91 Å². The summed E-state index contributed by atoms with van der Waals surface area (Å²) in [6, 6.07) is 0. The Morgan fingerprint density at radius 1 is 1.53 bits per heavy atom. The fraction of sp³-hybridized carbons (Fsp3) is 0.692. The van der Waals surface area contributed by atoms with E-state index in [0.717, 1.165) is 0 Å². The van der Waals surface area contributed by atoms with Crippen molar-refractivity contribution >= 4 is 5.91 Å². The van der Waals surface area contributed by atoms with Crippen LogP contribution in [0.5, 0.6) is 0 Å². The summed E-state index contributed by atoms with van der Waals surface area (Å²) in [6.45, 7) is 2.32. The van der Waals surface area contributed by atoms with Crippen molar-refractivity contribution in [2.45, 2.75) is 25.0 Å². The van der Waals surface area contributed by atoms with Crippen molar-refractivity contribution in [2.24, 2.45) is 0 Å². The third-order valence-electron chi connectivity index (χ3n) is 3.44. The first-order valence-corrected chi connectivity index (χ1v) is 6.59. The summed E-state index contributed by atoms with van der Waals surface area (Å²) >= 11 is 0. The van der Waals surface area contributed by atoms with Gasteiger partial charge in [-0.1, -0.05) is 0 Å². The number of aryl methyl sites for hydroxylation is 1. The molecule has 0 saturated carbocycles. The lowest BCUT2D eigenvalue weighted by atomic mass is 10.0. The molecule has 6 nitrogen and oxygen atoms in total. The minimum atomic E-state index is -0.756. The highest BCUT2D eigenvalue weighted by Gasteiger charge is 2.38. The highest BCUT2D eigenvalue weighted by Crippen LogP contribution is 2.22. The van der Waals surface area contributed by atoms with Crippen molar-refractivity contribution in [1.29, 1.82) is 0 Å². The SMILES string of the molecule is CN(C)C[C@@]1(O)CCN(C(=O)CCn2ccnc2)C1. The molecule has 2 heterocycles. The molecule has 1 aliphatic rings. The van der Waals surface area contributed by atoms with Gasteiger partial charge in [0.15, 0.2) is 0 Å². The zero-order valence-corrected chi connectivity index (χ0v) is 11.6. The van der Waals surface area contributed by atoms with Gasteiger partial charge in [-0.05, 0) is 20.5 Å². The van der Waals surface area contributed by atoms with Gasteiger partial charge >= 0.3 is 0 Å². The average molecular weight is 266 g/mol. The van der Waals surface area contributed by atoms with Gasteiger partial charge in [-0.15, -0.1) is 0 Å². The van der Waals surface area contributed by atoms with Crippen LogP contribution in [0.15, 0.2) is 18.7 Å². The Hall–Kier alpha value is -1.40. The molecule has 0 bridgehead atoms. The van der Waals surface area contributed by atoms with E-state index in [-0.39, 0.29) is 5.91 Å². The van der Waals surface area contributed by atoms with Gasteiger partial charge in [0.05, 0.1) is 18.5 Å². The number of imidazole rings is 1. The molecule has 0 aliphatic carbocycles. The van der Waals surface area contributed by atoms with Gasteiger partial charge in [-0.2, -0.15) is 0 Å². The number of amides is 1. The van der Waals surface area contributed by atoms with Gasteiger partial charge in [-0.25, -0.2) is 4.98 Å². The fourth-order valence-electron chi connectivity index (χ4n) is 2.59. The van der Waals surface area contributed by atoms with Crippen LogP contribution in [-0.2, 0) is 11.3 Å². The van der Waals surface area contributed by atoms with E-state index in [1.165, 1.54) is 0 Å². The van der Waals surface area contributed by atoms with Crippen LogP contribution in [0.1, 0.15) is 12.8 Å². The number of carbonyl (C=O) groups excluding carboxylic acids is 1. The molecule has 19 heavy (non-hydrogen) atoms. The summed E-state index contributed by atoms with van der Waals surface area (Å²) in [5.74, 6) is 0.100. The molecule has 1 atom stereocenters. The summed E-state index contributed by atoms with van der Waals surface area (Å²) < 4.78 is 1.89. The number of carbonyl (C=O) groups is 1. The van der Waals surface area contributed by atoms with Crippen LogP contribution in [0, 0.1) is 0 Å². The van der Waals surface area contributed by atoms with E-state index >= 15 is 0 Å². The molecule has 0 radical (unpaired) electrons. The number of likely N-dealkylation sites (tertiary alicyclic amines) is 1. The minimum Gasteiger partial charge on any atom is -0.387 e. The maximum absolute atomic E-state index is 12.1.